The number of esters is 1. The van der Waals surface area contributed by atoms with Gasteiger partial charge in [0.15, 0.2) is 0 Å². The van der Waals surface area contributed by atoms with Crippen molar-refractivity contribution in [2.45, 2.75) is 31.8 Å². The highest BCUT2D eigenvalue weighted by molar-refractivity contribution is 5.87. The molecule has 88 valence electrons. The van der Waals surface area contributed by atoms with Gasteiger partial charge in [0, 0.05) is 18.8 Å². The molecular formula is C12H18N2O2. The van der Waals surface area contributed by atoms with Crippen LogP contribution < -0.4 is 5.32 Å². The highest BCUT2D eigenvalue weighted by Gasteiger charge is 2.16. The van der Waals surface area contributed by atoms with E-state index in [1.54, 1.807) is 6.07 Å². The zero-order valence-electron chi connectivity index (χ0n) is 9.61. The summed E-state index contributed by atoms with van der Waals surface area (Å²) in [7, 11) is 1.42. The first-order valence-corrected chi connectivity index (χ1v) is 5.78. The van der Waals surface area contributed by atoms with Crippen molar-refractivity contribution < 1.29 is 9.53 Å². The van der Waals surface area contributed by atoms with Gasteiger partial charge < -0.3 is 14.6 Å². The minimum atomic E-state index is -0.263. The Labute approximate surface area is 95.6 Å². The van der Waals surface area contributed by atoms with Crippen molar-refractivity contribution in [1.82, 2.24) is 9.88 Å². The van der Waals surface area contributed by atoms with Gasteiger partial charge in [-0.2, -0.15) is 0 Å². The molecule has 1 fully saturated rings. The van der Waals surface area contributed by atoms with E-state index in [0.29, 0.717) is 11.7 Å². The maximum Gasteiger partial charge on any atom is 0.354 e. The van der Waals surface area contributed by atoms with Gasteiger partial charge in [-0.05, 0) is 31.5 Å². The molecule has 4 heteroatoms. The van der Waals surface area contributed by atoms with Crippen molar-refractivity contribution in [3.8, 4) is 0 Å². The fraction of sp³-hybridized carbons (Fsp3) is 0.583. The van der Waals surface area contributed by atoms with E-state index in [1.807, 2.05) is 16.8 Å². The van der Waals surface area contributed by atoms with Crippen LogP contribution in [0.5, 0.6) is 0 Å². The molecule has 1 unspecified atom stereocenters. The van der Waals surface area contributed by atoms with Crippen LogP contribution in [-0.4, -0.2) is 30.2 Å². The molecule has 1 saturated heterocycles. The quantitative estimate of drug-likeness (QED) is 0.786. The molecule has 1 aromatic rings. The van der Waals surface area contributed by atoms with Crippen LogP contribution in [0.1, 0.15) is 29.8 Å². The van der Waals surface area contributed by atoms with Crippen LogP contribution in [-0.2, 0) is 11.3 Å². The third-order valence-electron chi connectivity index (χ3n) is 3.05. The number of methoxy groups -OCH3 is 1. The molecule has 0 amide bonds. The second kappa shape index (κ2) is 5.16. The molecule has 1 aliphatic rings. The van der Waals surface area contributed by atoms with Crippen molar-refractivity contribution in [3.05, 3.63) is 24.0 Å². The van der Waals surface area contributed by atoms with E-state index in [1.165, 1.54) is 26.4 Å². The molecule has 0 aliphatic carbocycles. The van der Waals surface area contributed by atoms with Gasteiger partial charge in [0.1, 0.15) is 5.69 Å². The molecule has 1 aromatic heterocycles. The number of piperidine rings is 1. The van der Waals surface area contributed by atoms with E-state index in [9.17, 15) is 4.79 Å². The van der Waals surface area contributed by atoms with Gasteiger partial charge in [0.25, 0.3) is 0 Å². The fourth-order valence-corrected chi connectivity index (χ4v) is 2.18. The van der Waals surface area contributed by atoms with Gasteiger partial charge in [0.05, 0.1) is 7.11 Å². The topological polar surface area (TPSA) is 43.3 Å². The number of aromatic nitrogens is 1. The van der Waals surface area contributed by atoms with Crippen LogP contribution in [0, 0.1) is 0 Å². The summed E-state index contributed by atoms with van der Waals surface area (Å²) in [6, 6.07) is 4.16. The predicted octanol–water partition coefficient (Wildman–Crippen LogP) is 1.42. The number of nitrogens with zero attached hydrogens (tertiary/aromatic N) is 1. The Morgan fingerprint density at radius 1 is 1.62 bits per heavy atom. The van der Waals surface area contributed by atoms with Gasteiger partial charge >= 0.3 is 5.97 Å². The predicted molar refractivity (Wildman–Crippen MR) is 61.4 cm³/mol. The number of carbonyl (C=O) groups is 1. The minimum absolute atomic E-state index is 0.263. The molecule has 0 saturated carbocycles. The average molecular weight is 222 g/mol. The standard InChI is InChI=1S/C12H18N2O2/c1-16-12(15)11-6-4-8-14(11)9-10-5-2-3-7-13-10/h4,6,8,10,13H,2-3,5,7,9H2,1H3. The van der Waals surface area contributed by atoms with Crippen LogP contribution in [0.25, 0.3) is 0 Å². The Hall–Kier alpha value is -1.29. The Balaban J connectivity index is 2.03. The van der Waals surface area contributed by atoms with E-state index in [-0.39, 0.29) is 5.97 Å². The van der Waals surface area contributed by atoms with E-state index < -0.39 is 0 Å². The molecular weight excluding hydrogens is 204 g/mol. The normalized spacial score (nSPS) is 20.7. The molecule has 1 atom stereocenters. The smallest absolute Gasteiger partial charge is 0.354 e. The summed E-state index contributed by atoms with van der Waals surface area (Å²) in [5.74, 6) is -0.263. The first-order chi connectivity index (χ1) is 7.81. The van der Waals surface area contributed by atoms with Crippen LogP contribution in [0.2, 0.25) is 0 Å². The second-order valence-electron chi connectivity index (χ2n) is 4.18. The van der Waals surface area contributed by atoms with Crippen molar-refractivity contribution in [2.24, 2.45) is 0 Å². The molecule has 0 spiro atoms. The Kier molecular flexibility index (Phi) is 3.62. The van der Waals surface area contributed by atoms with E-state index in [0.717, 1.165) is 13.1 Å². The van der Waals surface area contributed by atoms with Crippen LogP contribution in [0.4, 0.5) is 0 Å². The summed E-state index contributed by atoms with van der Waals surface area (Å²) in [6.45, 7) is 1.93. The molecule has 2 heterocycles. The number of ether oxygens (including phenoxy) is 1. The number of hydrogen-bond donors (Lipinski definition) is 1. The van der Waals surface area contributed by atoms with Gasteiger partial charge in [-0.3, -0.25) is 0 Å². The van der Waals surface area contributed by atoms with Crippen molar-refractivity contribution in [1.29, 1.82) is 0 Å². The fourth-order valence-electron chi connectivity index (χ4n) is 2.18. The molecule has 1 aliphatic heterocycles. The monoisotopic (exact) mass is 222 g/mol. The number of nitrogens with one attached hydrogen (secondary N) is 1. The van der Waals surface area contributed by atoms with Crippen molar-refractivity contribution in [2.75, 3.05) is 13.7 Å². The van der Waals surface area contributed by atoms with Crippen LogP contribution >= 0.6 is 0 Å². The van der Waals surface area contributed by atoms with E-state index in [2.05, 4.69) is 5.32 Å². The average Bonchev–Trinajstić information content (AvgIpc) is 2.77. The van der Waals surface area contributed by atoms with E-state index in [4.69, 9.17) is 4.74 Å². The number of carbonyl (C=O) groups excluding carboxylic acids is 1. The van der Waals surface area contributed by atoms with Gasteiger partial charge in [0.2, 0.25) is 0 Å². The molecule has 0 bridgehead atoms. The lowest BCUT2D eigenvalue weighted by Gasteiger charge is -2.24. The Bertz CT molecular complexity index is 354. The van der Waals surface area contributed by atoms with Crippen molar-refractivity contribution in [3.63, 3.8) is 0 Å². The molecule has 1 N–H and O–H groups in total. The SMILES string of the molecule is COC(=O)c1cccn1CC1CCCCN1. The highest BCUT2D eigenvalue weighted by Crippen LogP contribution is 2.11. The molecule has 2 rings (SSSR count). The number of rotatable bonds is 3. The largest absolute Gasteiger partial charge is 0.464 e. The zero-order chi connectivity index (χ0) is 11.4. The summed E-state index contributed by atoms with van der Waals surface area (Å²) >= 11 is 0. The third-order valence-corrected chi connectivity index (χ3v) is 3.05. The first kappa shape index (κ1) is 11.2. The second-order valence-corrected chi connectivity index (χ2v) is 4.18. The van der Waals surface area contributed by atoms with E-state index >= 15 is 0 Å². The molecule has 0 radical (unpaired) electrons. The summed E-state index contributed by atoms with van der Waals surface area (Å²) in [4.78, 5) is 11.5. The highest BCUT2D eigenvalue weighted by atomic mass is 16.5. The van der Waals surface area contributed by atoms with Crippen molar-refractivity contribution >= 4 is 5.97 Å². The van der Waals surface area contributed by atoms with Gasteiger partial charge in [-0.15, -0.1) is 0 Å². The lowest BCUT2D eigenvalue weighted by Crippen LogP contribution is -2.37. The third kappa shape index (κ3) is 2.44. The van der Waals surface area contributed by atoms with Crippen LogP contribution in [0.15, 0.2) is 18.3 Å². The molecule has 16 heavy (non-hydrogen) atoms. The molecule has 4 nitrogen and oxygen atoms in total. The summed E-state index contributed by atoms with van der Waals surface area (Å²) in [6.07, 6.45) is 5.64. The summed E-state index contributed by atoms with van der Waals surface area (Å²) in [5, 5.41) is 3.47. The summed E-state index contributed by atoms with van der Waals surface area (Å²) in [5.41, 5.74) is 0.634. The maximum absolute atomic E-state index is 11.5. The first-order valence-electron chi connectivity index (χ1n) is 5.78. The maximum atomic E-state index is 11.5. The Morgan fingerprint density at radius 2 is 2.50 bits per heavy atom. The summed E-state index contributed by atoms with van der Waals surface area (Å²) < 4.78 is 6.71. The molecule has 0 aromatic carbocycles. The Morgan fingerprint density at radius 3 is 3.19 bits per heavy atom. The van der Waals surface area contributed by atoms with Crippen LogP contribution in [0.3, 0.4) is 0 Å². The minimum Gasteiger partial charge on any atom is -0.464 e. The zero-order valence-corrected chi connectivity index (χ0v) is 9.61. The number of hydrogen-bond acceptors (Lipinski definition) is 3. The lowest BCUT2D eigenvalue weighted by atomic mass is 10.1. The lowest BCUT2D eigenvalue weighted by molar-refractivity contribution is 0.0587. The van der Waals surface area contributed by atoms with Gasteiger partial charge in [-0.25, -0.2) is 4.79 Å². The van der Waals surface area contributed by atoms with Gasteiger partial charge in [-0.1, -0.05) is 6.42 Å².